The summed E-state index contributed by atoms with van der Waals surface area (Å²) in [6, 6.07) is 61.9. The fraction of sp³-hybridized carbons (Fsp3) is 0.0800. The molecule has 0 radical (unpaired) electrons. The number of rotatable bonds is 4. The van der Waals surface area contributed by atoms with E-state index < -0.39 is 0 Å². The van der Waals surface area contributed by atoms with E-state index in [4.69, 9.17) is 9.47 Å². The average Bonchev–Trinajstić information content (AvgIpc) is 3.98. The summed E-state index contributed by atoms with van der Waals surface area (Å²) in [5, 5.41) is 0. The van der Waals surface area contributed by atoms with E-state index in [9.17, 15) is 0 Å². The van der Waals surface area contributed by atoms with E-state index in [1.54, 1.807) is 0 Å². The van der Waals surface area contributed by atoms with Gasteiger partial charge in [0.15, 0.2) is 5.88 Å². The lowest BCUT2D eigenvalue weighted by atomic mass is 9.31. The normalized spacial score (nSPS) is 16.6. The van der Waals surface area contributed by atoms with Crippen molar-refractivity contribution in [2.75, 3.05) is 32.8 Å². The van der Waals surface area contributed by atoms with Crippen LogP contribution in [0.3, 0.4) is 0 Å². The fourth-order valence-corrected chi connectivity index (χ4v) is 10.7. The molecule has 0 aromatic heterocycles. The molecule has 7 aromatic carbocycles. The van der Waals surface area contributed by atoms with Crippen molar-refractivity contribution < 1.29 is 9.47 Å². The topological polar surface area (TPSA) is 31.4 Å². The number of anilines is 10. The molecule has 6 aliphatic rings. The van der Waals surface area contributed by atoms with Crippen molar-refractivity contribution >= 4 is 92.2 Å². The van der Waals surface area contributed by atoms with E-state index in [2.05, 4.69) is 189 Å². The second-order valence-corrected chi connectivity index (χ2v) is 15.8. The van der Waals surface area contributed by atoms with Crippen molar-refractivity contribution in [2.24, 2.45) is 0 Å². The quantitative estimate of drug-likeness (QED) is 0.167. The van der Waals surface area contributed by atoms with Crippen molar-refractivity contribution in [1.82, 2.24) is 0 Å². The van der Waals surface area contributed by atoms with Crippen molar-refractivity contribution in [3.05, 3.63) is 193 Å². The van der Waals surface area contributed by atoms with Gasteiger partial charge in [-0.25, -0.2) is 0 Å². The lowest BCUT2D eigenvalue weighted by Crippen LogP contribution is -2.60. The lowest BCUT2D eigenvalue weighted by Gasteiger charge is -2.46. The highest BCUT2D eigenvalue weighted by Crippen LogP contribution is 2.50. The Morgan fingerprint density at radius 3 is 1.40 bits per heavy atom. The number of nitrogens with zero attached hydrogens (tertiary/aromatic N) is 4. The van der Waals surface area contributed by atoms with Crippen molar-refractivity contribution in [1.29, 1.82) is 0 Å². The molecule has 274 valence electrons. The number of hydrogen-bond donors (Lipinski definition) is 0. The third-order valence-electron chi connectivity index (χ3n) is 12.8. The van der Waals surface area contributed by atoms with Crippen LogP contribution in [-0.2, 0) is 9.47 Å². The third-order valence-corrected chi connectivity index (χ3v) is 12.8. The number of para-hydroxylation sites is 4. The van der Waals surface area contributed by atoms with Gasteiger partial charge in [0, 0.05) is 69.7 Å². The van der Waals surface area contributed by atoms with E-state index in [-0.39, 0.29) is 13.4 Å². The Morgan fingerprint density at radius 1 is 0.379 bits per heavy atom. The largest absolute Gasteiger partial charge is 0.505 e. The number of hydrogen-bond acceptors (Lipinski definition) is 6. The minimum Gasteiger partial charge on any atom is -0.505 e. The zero-order valence-corrected chi connectivity index (χ0v) is 31.8. The molecule has 58 heavy (non-hydrogen) atoms. The molecule has 0 saturated carbocycles. The highest BCUT2D eigenvalue weighted by Gasteiger charge is 2.51. The fourth-order valence-electron chi connectivity index (χ4n) is 10.7. The zero-order chi connectivity index (χ0) is 37.9. The average molecular weight is 746 g/mol. The Morgan fingerprint density at radius 2 is 0.828 bits per heavy atom. The maximum Gasteiger partial charge on any atom is 0.295 e. The van der Waals surface area contributed by atoms with Gasteiger partial charge in [-0.1, -0.05) is 91.0 Å². The first-order valence-corrected chi connectivity index (χ1v) is 20.4. The van der Waals surface area contributed by atoms with Crippen LogP contribution in [0.25, 0.3) is 0 Å². The third kappa shape index (κ3) is 4.34. The van der Waals surface area contributed by atoms with Crippen LogP contribution < -0.4 is 41.5 Å². The maximum atomic E-state index is 6.84. The van der Waals surface area contributed by atoms with Gasteiger partial charge >= 0.3 is 0 Å². The van der Waals surface area contributed by atoms with Crippen molar-refractivity contribution in [2.45, 2.75) is 12.8 Å². The first kappa shape index (κ1) is 32.1. The van der Waals surface area contributed by atoms with Gasteiger partial charge < -0.3 is 24.2 Å². The summed E-state index contributed by atoms with van der Waals surface area (Å²) in [6.07, 6.45) is 1.73. The van der Waals surface area contributed by atoms with Gasteiger partial charge in [0.25, 0.3) is 13.4 Å². The summed E-state index contributed by atoms with van der Waals surface area (Å²) in [5.41, 5.74) is 20.5. The molecule has 0 fully saturated rings. The molecule has 0 aliphatic carbocycles. The van der Waals surface area contributed by atoms with E-state index in [1.165, 1.54) is 61.5 Å². The molecule has 0 spiro atoms. The van der Waals surface area contributed by atoms with Crippen LogP contribution in [0.5, 0.6) is 0 Å². The maximum absolute atomic E-state index is 6.84. The lowest BCUT2D eigenvalue weighted by molar-refractivity contribution is 0.241. The molecule has 8 heteroatoms. The zero-order valence-electron chi connectivity index (χ0n) is 31.8. The van der Waals surface area contributed by atoms with Crippen LogP contribution in [0.15, 0.2) is 193 Å². The summed E-state index contributed by atoms with van der Waals surface area (Å²) in [4.78, 5) is 9.80. The van der Waals surface area contributed by atoms with Gasteiger partial charge in [0.05, 0.1) is 24.6 Å². The molecule has 6 nitrogen and oxygen atoms in total. The highest BCUT2D eigenvalue weighted by atomic mass is 16.5. The van der Waals surface area contributed by atoms with Gasteiger partial charge in [0.2, 0.25) is 0 Å². The molecule has 0 amide bonds. The van der Waals surface area contributed by atoms with Crippen LogP contribution in [-0.4, -0.2) is 26.6 Å². The smallest absolute Gasteiger partial charge is 0.295 e. The monoisotopic (exact) mass is 746 g/mol. The van der Waals surface area contributed by atoms with Crippen LogP contribution >= 0.6 is 0 Å². The Bertz CT molecular complexity index is 2690. The van der Waals surface area contributed by atoms with E-state index in [1.807, 2.05) is 0 Å². The summed E-state index contributed by atoms with van der Waals surface area (Å²) < 4.78 is 13.5. The predicted molar refractivity (Wildman–Crippen MR) is 238 cm³/mol. The molecule has 0 N–H and O–H groups in total. The molecule has 0 saturated heterocycles. The number of benzene rings is 7. The minimum absolute atomic E-state index is 0.0214. The first-order chi connectivity index (χ1) is 28.8. The Kier molecular flexibility index (Phi) is 6.76. The van der Waals surface area contributed by atoms with Crippen molar-refractivity contribution in [3.8, 4) is 0 Å². The molecule has 0 bridgehead atoms. The molecular weight excluding hydrogens is 710 g/mol. The van der Waals surface area contributed by atoms with Gasteiger partial charge in [0.1, 0.15) is 0 Å². The van der Waals surface area contributed by atoms with Crippen LogP contribution in [0.2, 0.25) is 0 Å². The van der Waals surface area contributed by atoms with E-state index in [0.717, 1.165) is 52.8 Å². The van der Waals surface area contributed by atoms with Crippen LogP contribution in [0.1, 0.15) is 12.8 Å². The van der Waals surface area contributed by atoms with Crippen LogP contribution in [0.4, 0.5) is 56.9 Å². The molecule has 0 atom stereocenters. The van der Waals surface area contributed by atoms with Gasteiger partial charge in [-0.2, -0.15) is 0 Å². The summed E-state index contributed by atoms with van der Waals surface area (Å²) in [6.45, 7) is 1.29. The summed E-state index contributed by atoms with van der Waals surface area (Å²) >= 11 is 0. The molecule has 6 heterocycles. The molecule has 0 unspecified atom stereocenters. The van der Waals surface area contributed by atoms with Crippen molar-refractivity contribution in [3.63, 3.8) is 0 Å². The predicted octanol–water partition coefficient (Wildman–Crippen LogP) is 9.12. The standard InChI is InChI=1S/C50H36B2N4O2/c1-5-15-33(16-6-1)53-41-24-13-25-42-48(41)52(49-44(53)28-30-57-49)39-31-38-45(32-46(39)55(42)35-19-9-3-10-20-35)54(34-17-7-2-8-18-34)40-23-14-26-43-47(40)51(38)37-27-29-58-50(37)56(43)36-21-11-4-12-22-36/h1-26,31-32H,27-30H2. The molecular formula is C50H36B2N4O2. The first-order valence-electron chi connectivity index (χ1n) is 20.4. The molecule has 6 aliphatic heterocycles. The van der Waals surface area contributed by atoms with Gasteiger partial charge in [-0.15, -0.1) is 0 Å². The Balaban J connectivity index is 1.12. The summed E-state index contributed by atoms with van der Waals surface area (Å²) in [7, 11) is 0. The van der Waals surface area contributed by atoms with E-state index >= 15 is 0 Å². The molecule has 13 rings (SSSR count). The number of ether oxygens (including phenoxy) is 2. The highest BCUT2D eigenvalue weighted by molar-refractivity contribution is 6.98. The second-order valence-electron chi connectivity index (χ2n) is 15.8. The Labute approximate surface area is 338 Å². The van der Waals surface area contributed by atoms with Gasteiger partial charge in [-0.05, 0) is 106 Å². The SMILES string of the molecule is c1ccc(N2C3=C(OCC3)B3c4cc5c(cc4N(c4ccccc4)c4cccc2c43)N(c2ccccc2)c2cccc3c2B5C2=C(OCC2)N3c2ccccc2)cc1. The minimum atomic E-state index is -0.0663. The molecule has 7 aromatic rings. The summed E-state index contributed by atoms with van der Waals surface area (Å²) in [5.74, 6) is 0.969. The van der Waals surface area contributed by atoms with Gasteiger partial charge in [-0.3, -0.25) is 4.90 Å². The number of fused-ring (bicyclic) bond motifs is 6. The van der Waals surface area contributed by atoms with E-state index in [0.29, 0.717) is 13.2 Å². The van der Waals surface area contributed by atoms with Crippen LogP contribution in [0, 0.1) is 0 Å². The second kappa shape index (κ2) is 12.2. The Hall–Kier alpha value is -7.05.